The van der Waals surface area contributed by atoms with E-state index in [9.17, 15) is 9.59 Å². The van der Waals surface area contributed by atoms with Gasteiger partial charge in [-0.1, -0.05) is 17.7 Å². The van der Waals surface area contributed by atoms with Gasteiger partial charge in [0.2, 0.25) is 0 Å². The van der Waals surface area contributed by atoms with Gasteiger partial charge in [0.05, 0.1) is 25.3 Å². The molecule has 0 atom stereocenters. The first-order valence-corrected chi connectivity index (χ1v) is 6.80. The van der Waals surface area contributed by atoms with Crippen LogP contribution in [0.5, 0.6) is 0 Å². The predicted octanol–water partition coefficient (Wildman–Crippen LogP) is 2.04. The standard InChI is InChI=1S/C14H18ClNO4/c1-2-19-13(17)10-16-7-4-8-20-14(18)11-5-3-6-12(15)9-11/h3,5-6,9,16H,2,4,7-8,10H2,1H3. The molecule has 0 amide bonds. The molecule has 0 spiro atoms. The minimum Gasteiger partial charge on any atom is -0.465 e. The molecule has 0 aromatic heterocycles. The minimum absolute atomic E-state index is 0.163. The first kappa shape index (κ1) is 16.5. The summed E-state index contributed by atoms with van der Waals surface area (Å²) in [6.45, 7) is 3.14. The van der Waals surface area contributed by atoms with Gasteiger partial charge in [0.1, 0.15) is 0 Å². The lowest BCUT2D eigenvalue weighted by molar-refractivity contribution is -0.142. The van der Waals surface area contributed by atoms with Crippen LogP contribution in [0, 0.1) is 0 Å². The monoisotopic (exact) mass is 299 g/mol. The number of esters is 2. The van der Waals surface area contributed by atoms with Gasteiger partial charge in [0, 0.05) is 5.02 Å². The molecule has 20 heavy (non-hydrogen) atoms. The fourth-order valence-electron chi connectivity index (χ4n) is 1.46. The lowest BCUT2D eigenvalue weighted by Gasteiger charge is -2.06. The van der Waals surface area contributed by atoms with Gasteiger partial charge in [-0.3, -0.25) is 4.79 Å². The van der Waals surface area contributed by atoms with Gasteiger partial charge in [-0.05, 0) is 38.1 Å². The van der Waals surface area contributed by atoms with Crippen molar-refractivity contribution < 1.29 is 19.1 Å². The van der Waals surface area contributed by atoms with Crippen LogP contribution in [-0.4, -0.2) is 38.2 Å². The van der Waals surface area contributed by atoms with Crippen molar-refractivity contribution in [1.29, 1.82) is 0 Å². The van der Waals surface area contributed by atoms with E-state index in [0.717, 1.165) is 0 Å². The van der Waals surface area contributed by atoms with Crippen molar-refractivity contribution in [3.05, 3.63) is 34.9 Å². The van der Waals surface area contributed by atoms with Crippen molar-refractivity contribution in [2.75, 3.05) is 26.3 Å². The molecule has 5 nitrogen and oxygen atoms in total. The Bertz CT molecular complexity index is 451. The molecule has 1 aromatic carbocycles. The van der Waals surface area contributed by atoms with Gasteiger partial charge in [-0.15, -0.1) is 0 Å². The summed E-state index contributed by atoms with van der Waals surface area (Å²) in [5.41, 5.74) is 0.428. The number of hydrogen-bond donors (Lipinski definition) is 1. The van der Waals surface area contributed by atoms with Gasteiger partial charge in [0.15, 0.2) is 0 Å². The van der Waals surface area contributed by atoms with Crippen LogP contribution in [-0.2, 0) is 14.3 Å². The predicted molar refractivity (Wildman–Crippen MR) is 75.9 cm³/mol. The normalized spacial score (nSPS) is 10.1. The number of rotatable bonds is 8. The van der Waals surface area contributed by atoms with E-state index in [1.165, 1.54) is 0 Å². The first-order valence-electron chi connectivity index (χ1n) is 6.42. The maximum absolute atomic E-state index is 11.6. The molecule has 0 aliphatic rings. The molecule has 0 saturated carbocycles. The fraction of sp³-hybridized carbons (Fsp3) is 0.429. The maximum atomic E-state index is 11.6. The van der Waals surface area contributed by atoms with Crippen LogP contribution in [0.1, 0.15) is 23.7 Å². The summed E-state index contributed by atoms with van der Waals surface area (Å²) in [7, 11) is 0. The second-order valence-electron chi connectivity index (χ2n) is 3.98. The lowest BCUT2D eigenvalue weighted by Crippen LogP contribution is -2.26. The number of benzene rings is 1. The van der Waals surface area contributed by atoms with Crippen molar-refractivity contribution in [2.24, 2.45) is 0 Å². The Labute approximate surface area is 123 Å². The Morgan fingerprint density at radius 2 is 2.10 bits per heavy atom. The Morgan fingerprint density at radius 3 is 2.80 bits per heavy atom. The molecule has 0 aliphatic carbocycles. The van der Waals surface area contributed by atoms with Gasteiger partial charge < -0.3 is 14.8 Å². The summed E-state index contributed by atoms with van der Waals surface area (Å²) in [5.74, 6) is -0.693. The van der Waals surface area contributed by atoms with Gasteiger partial charge in [-0.25, -0.2) is 4.79 Å². The molecular formula is C14H18ClNO4. The van der Waals surface area contributed by atoms with E-state index in [-0.39, 0.29) is 19.1 Å². The molecule has 0 fully saturated rings. The second-order valence-corrected chi connectivity index (χ2v) is 4.42. The third-order valence-corrected chi connectivity index (χ3v) is 2.60. The van der Waals surface area contributed by atoms with Crippen LogP contribution in [0.25, 0.3) is 0 Å². The number of carbonyl (C=O) groups is 2. The zero-order valence-electron chi connectivity index (χ0n) is 11.4. The number of nitrogens with one attached hydrogen (secondary N) is 1. The minimum atomic E-state index is -0.405. The number of halogens is 1. The average Bonchev–Trinajstić information content (AvgIpc) is 2.42. The van der Waals surface area contributed by atoms with E-state index in [0.29, 0.717) is 30.2 Å². The molecule has 110 valence electrons. The molecule has 6 heteroatoms. The smallest absolute Gasteiger partial charge is 0.338 e. The van der Waals surface area contributed by atoms with E-state index in [1.54, 1.807) is 31.2 Å². The number of hydrogen-bond acceptors (Lipinski definition) is 5. The summed E-state index contributed by atoms with van der Waals surface area (Å²) in [6.07, 6.45) is 0.617. The second kappa shape index (κ2) is 9.34. The summed E-state index contributed by atoms with van der Waals surface area (Å²) in [4.78, 5) is 22.7. The number of ether oxygens (including phenoxy) is 2. The molecule has 0 bridgehead atoms. The maximum Gasteiger partial charge on any atom is 0.338 e. The molecule has 0 unspecified atom stereocenters. The van der Waals surface area contributed by atoms with Crippen LogP contribution in [0.15, 0.2) is 24.3 Å². The highest BCUT2D eigenvalue weighted by Gasteiger charge is 2.07. The number of carbonyl (C=O) groups excluding carboxylic acids is 2. The molecular weight excluding hydrogens is 282 g/mol. The van der Waals surface area contributed by atoms with Crippen LogP contribution in [0.2, 0.25) is 5.02 Å². The van der Waals surface area contributed by atoms with Crippen LogP contribution in [0.3, 0.4) is 0 Å². The largest absolute Gasteiger partial charge is 0.465 e. The van der Waals surface area contributed by atoms with Gasteiger partial charge >= 0.3 is 11.9 Å². The molecule has 0 saturated heterocycles. The third-order valence-electron chi connectivity index (χ3n) is 2.37. The highest BCUT2D eigenvalue weighted by Crippen LogP contribution is 2.11. The topological polar surface area (TPSA) is 64.6 Å². The first-order chi connectivity index (χ1) is 9.63. The van der Waals surface area contributed by atoms with E-state index in [4.69, 9.17) is 21.1 Å². The van der Waals surface area contributed by atoms with Crippen molar-refractivity contribution in [3.8, 4) is 0 Å². The highest BCUT2D eigenvalue weighted by atomic mass is 35.5. The van der Waals surface area contributed by atoms with Crippen molar-refractivity contribution >= 4 is 23.5 Å². The molecule has 1 N–H and O–H groups in total. The quantitative estimate of drug-likeness (QED) is 0.588. The summed E-state index contributed by atoms with van der Waals surface area (Å²) in [5, 5.41) is 3.40. The van der Waals surface area contributed by atoms with Crippen LogP contribution >= 0.6 is 11.6 Å². The Hall–Kier alpha value is -1.59. The summed E-state index contributed by atoms with van der Waals surface area (Å²) >= 11 is 5.79. The molecule has 0 heterocycles. The zero-order chi connectivity index (χ0) is 14.8. The third kappa shape index (κ3) is 6.54. The SMILES string of the molecule is CCOC(=O)CNCCCOC(=O)c1cccc(Cl)c1. The zero-order valence-corrected chi connectivity index (χ0v) is 12.1. The molecule has 1 aromatic rings. The Balaban J connectivity index is 2.12. The summed E-state index contributed by atoms with van der Waals surface area (Å²) in [6, 6.07) is 6.59. The Kier molecular flexibility index (Phi) is 7.69. The van der Waals surface area contributed by atoms with Crippen molar-refractivity contribution in [3.63, 3.8) is 0 Å². The fourth-order valence-corrected chi connectivity index (χ4v) is 1.65. The van der Waals surface area contributed by atoms with E-state index < -0.39 is 5.97 Å². The van der Waals surface area contributed by atoms with Gasteiger partial charge in [0.25, 0.3) is 0 Å². The highest BCUT2D eigenvalue weighted by molar-refractivity contribution is 6.30. The molecule has 0 radical (unpaired) electrons. The Morgan fingerprint density at radius 1 is 1.30 bits per heavy atom. The van der Waals surface area contributed by atoms with E-state index in [1.807, 2.05) is 0 Å². The lowest BCUT2D eigenvalue weighted by atomic mass is 10.2. The van der Waals surface area contributed by atoms with Crippen LogP contribution in [0.4, 0.5) is 0 Å². The van der Waals surface area contributed by atoms with E-state index in [2.05, 4.69) is 5.32 Å². The van der Waals surface area contributed by atoms with Crippen molar-refractivity contribution in [2.45, 2.75) is 13.3 Å². The molecule has 0 aliphatic heterocycles. The molecule has 1 rings (SSSR count). The van der Waals surface area contributed by atoms with E-state index >= 15 is 0 Å². The van der Waals surface area contributed by atoms with Crippen LogP contribution < -0.4 is 5.32 Å². The average molecular weight is 300 g/mol. The summed E-state index contributed by atoms with van der Waals surface area (Å²) < 4.78 is 9.84. The van der Waals surface area contributed by atoms with Crippen molar-refractivity contribution in [1.82, 2.24) is 5.32 Å². The van der Waals surface area contributed by atoms with Gasteiger partial charge in [-0.2, -0.15) is 0 Å².